The summed E-state index contributed by atoms with van der Waals surface area (Å²) >= 11 is 0. The molecule has 134 valence electrons. The molecule has 0 radical (unpaired) electrons. The van der Waals surface area contributed by atoms with E-state index in [1.165, 1.54) is 19.3 Å². The zero-order valence-corrected chi connectivity index (χ0v) is 15.2. The standard InChI is InChI=1S/C20H28N4O/c1-2-7-18-22-17-10-6-12-21-19(17)24(18)16-11-13-23(14-16)20(25)15-8-4-3-5-9-15/h6,10,12,15-16H,2-5,7-9,11,13-14H2,1H3/t16-/m1/s1. The van der Waals surface area contributed by atoms with E-state index in [2.05, 4.69) is 21.4 Å². The van der Waals surface area contributed by atoms with Crippen LogP contribution in [0.15, 0.2) is 18.3 Å². The van der Waals surface area contributed by atoms with Gasteiger partial charge in [0.2, 0.25) is 5.91 Å². The van der Waals surface area contributed by atoms with Crippen LogP contribution >= 0.6 is 0 Å². The first kappa shape index (κ1) is 16.6. The maximum atomic E-state index is 12.9. The van der Waals surface area contributed by atoms with Crippen molar-refractivity contribution in [3.8, 4) is 0 Å². The number of amides is 1. The van der Waals surface area contributed by atoms with Gasteiger partial charge >= 0.3 is 0 Å². The molecule has 1 saturated heterocycles. The molecule has 2 fully saturated rings. The summed E-state index contributed by atoms with van der Waals surface area (Å²) in [6, 6.07) is 4.30. The van der Waals surface area contributed by atoms with Crippen molar-refractivity contribution in [3.63, 3.8) is 0 Å². The third-order valence-electron chi connectivity index (χ3n) is 5.79. The van der Waals surface area contributed by atoms with E-state index in [1.807, 2.05) is 18.3 Å². The highest BCUT2D eigenvalue weighted by molar-refractivity contribution is 5.79. The number of aryl methyl sites for hydroxylation is 1. The van der Waals surface area contributed by atoms with Gasteiger partial charge in [0, 0.05) is 31.6 Å². The van der Waals surface area contributed by atoms with Crippen LogP contribution in [0.2, 0.25) is 0 Å². The van der Waals surface area contributed by atoms with Gasteiger partial charge in [-0.05, 0) is 37.8 Å². The summed E-state index contributed by atoms with van der Waals surface area (Å²) in [6.07, 6.45) is 10.8. The molecular weight excluding hydrogens is 312 g/mol. The Balaban J connectivity index is 1.56. The number of rotatable bonds is 4. The Morgan fingerprint density at radius 1 is 1.24 bits per heavy atom. The first-order chi connectivity index (χ1) is 12.3. The minimum atomic E-state index is 0.264. The van der Waals surface area contributed by atoms with E-state index in [4.69, 9.17) is 4.98 Å². The van der Waals surface area contributed by atoms with E-state index in [-0.39, 0.29) is 5.92 Å². The number of aromatic nitrogens is 3. The van der Waals surface area contributed by atoms with Crippen molar-refractivity contribution in [2.24, 2.45) is 5.92 Å². The molecule has 3 heterocycles. The average molecular weight is 340 g/mol. The molecule has 2 aromatic heterocycles. The minimum Gasteiger partial charge on any atom is -0.340 e. The summed E-state index contributed by atoms with van der Waals surface area (Å²) in [5.41, 5.74) is 1.95. The summed E-state index contributed by atoms with van der Waals surface area (Å²) in [6.45, 7) is 3.87. The number of carbonyl (C=O) groups excluding carboxylic acids is 1. The number of pyridine rings is 1. The maximum Gasteiger partial charge on any atom is 0.225 e. The zero-order valence-electron chi connectivity index (χ0n) is 15.2. The van der Waals surface area contributed by atoms with E-state index in [0.717, 1.165) is 62.2 Å². The van der Waals surface area contributed by atoms with Gasteiger partial charge in [-0.3, -0.25) is 4.79 Å². The molecule has 1 amide bonds. The third-order valence-corrected chi connectivity index (χ3v) is 5.79. The van der Waals surface area contributed by atoms with Crippen molar-refractivity contribution in [1.29, 1.82) is 0 Å². The summed E-state index contributed by atoms with van der Waals surface area (Å²) in [5, 5.41) is 0. The fourth-order valence-electron chi connectivity index (χ4n) is 4.52. The maximum absolute atomic E-state index is 12.9. The lowest BCUT2D eigenvalue weighted by Gasteiger charge is -2.26. The molecule has 2 aliphatic rings. The van der Waals surface area contributed by atoms with Crippen molar-refractivity contribution < 1.29 is 4.79 Å². The van der Waals surface area contributed by atoms with Crippen LogP contribution < -0.4 is 0 Å². The van der Waals surface area contributed by atoms with Crippen molar-refractivity contribution in [1.82, 2.24) is 19.4 Å². The van der Waals surface area contributed by atoms with Crippen molar-refractivity contribution in [2.45, 2.75) is 64.3 Å². The molecule has 5 heteroatoms. The molecule has 4 rings (SSSR count). The Bertz CT molecular complexity index is 747. The normalized spacial score (nSPS) is 22.0. The fraction of sp³-hybridized carbons (Fsp3) is 0.650. The lowest BCUT2D eigenvalue weighted by Crippen LogP contribution is -2.35. The molecule has 25 heavy (non-hydrogen) atoms. The van der Waals surface area contributed by atoms with Gasteiger partial charge in [-0.15, -0.1) is 0 Å². The van der Waals surface area contributed by atoms with Crippen LogP contribution in [0.4, 0.5) is 0 Å². The van der Waals surface area contributed by atoms with Gasteiger partial charge < -0.3 is 9.47 Å². The summed E-state index contributed by atoms with van der Waals surface area (Å²) in [7, 11) is 0. The Labute approximate surface area is 149 Å². The molecule has 0 N–H and O–H groups in total. The number of imidazole rings is 1. The number of nitrogens with zero attached hydrogens (tertiary/aromatic N) is 4. The van der Waals surface area contributed by atoms with E-state index in [9.17, 15) is 4.79 Å². The van der Waals surface area contributed by atoms with Gasteiger partial charge in [-0.1, -0.05) is 26.2 Å². The van der Waals surface area contributed by atoms with E-state index in [0.29, 0.717) is 11.9 Å². The minimum absolute atomic E-state index is 0.264. The Hall–Kier alpha value is -1.91. The molecule has 2 aromatic rings. The van der Waals surface area contributed by atoms with E-state index < -0.39 is 0 Å². The predicted octanol–water partition coefficient (Wildman–Crippen LogP) is 3.74. The molecule has 0 unspecified atom stereocenters. The van der Waals surface area contributed by atoms with Crippen molar-refractivity contribution in [2.75, 3.05) is 13.1 Å². The smallest absolute Gasteiger partial charge is 0.225 e. The number of carbonyl (C=O) groups is 1. The quantitative estimate of drug-likeness (QED) is 0.852. The summed E-state index contributed by atoms with van der Waals surface area (Å²) in [5.74, 6) is 1.77. The van der Waals surface area contributed by atoms with Crippen LogP contribution in [0.3, 0.4) is 0 Å². The monoisotopic (exact) mass is 340 g/mol. The summed E-state index contributed by atoms with van der Waals surface area (Å²) < 4.78 is 2.31. The second kappa shape index (κ2) is 7.14. The van der Waals surface area contributed by atoms with Crippen LogP contribution in [0.1, 0.15) is 63.7 Å². The van der Waals surface area contributed by atoms with Gasteiger partial charge in [0.25, 0.3) is 0 Å². The van der Waals surface area contributed by atoms with E-state index in [1.54, 1.807) is 0 Å². The number of fused-ring (bicyclic) bond motifs is 1. The SMILES string of the molecule is CCCc1nc2cccnc2n1[C@@H]1CCN(C(=O)C2CCCCC2)C1. The van der Waals surface area contributed by atoms with Gasteiger partial charge in [0.15, 0.2) is 5.65 Å². The second-order valence-electron chi connectivity index (χ2n) is 7.56. The van der Waals surface area contributed by atoms with Crippen LogP contribution in [0, 0.1) is 5.92 Å². The highest BCUT2D eigenvalue weighted by atomic mass is 16.2. The number of hydrogen-bond acceptors (Lipinski definition) is 3. The van der Waals surface area contributed by atoms with Gasteiger partial charge in [0.1, 0.15) is 11.3 Å². The third kappa shape index (κ3) is 3.16. The van der Waals surface area contributed by atoms with Crippen molar-refractivity contribution >= 4 is 17.1 Å². The molecule has 1 atom stereocenters. The lowest BCUT2D eigenvalue weighted by atomic mass is 9.88. The van der Waals surface area contributed by atoms with Crippen LogP contribution in [-0.4, -0.2) is 38.4 Å². The predicted molar refractivity (Wildman–Crippen MR) is 98.3 cm³/mol. The highest BCUT2D eigenvalue weighted by Gasteiger charge is 2.33. The first-order valence-corrected chi connectivity index (χ1v) is 9.88. The largest absolute Gasteiger partial charge is 0.340 e. The van der Waals surface area contributed by atoms with Crippen LogP contribution in [-0.2, 0) is 11.2 Å². The molecular formula is C20H28N4O. The molecule has 0 bridgehead atoms. The topological polar surface area (TPSA) is 51.0 Å². The highest BCUT2D eigenvalue weighted by Crippen LogP contribution is 2.31. The van der Waals surface area contributed by atoms with Crippen LogP contribution in [0.25, 0.3) is 11.2 Å². The average Bonchev–Trinajstić information content (AvgIpc) is 3.26. The molecule has 1 aliphatic carbocycles. The van der Waals surface area contributed by atoms with Crippen LogP contribution in [0.5, 0.6) is 0 Å². The fourth-order valence-corrected chi connectivity index (χ4v) is 4.52. The first-order valence-electron chi connectivity index (χ1n) is 9.88. The summed E-state index contributed by atoms with van der Waals surface area (Å²) in [4.78, 5) is 24.4. The molecule has 0 aromatic carbocycles. The van der Waals surface area contributed by atoms with Gasteiger partial charge in [-0.25, -0.2) is 9.97 Å². The van der Waals surface area contributed by atoms with Gasteiger partial charge in [-0.2, -0.15) is 0 Å². The Morgan fingerprint density at radius 3 is 2.88 bits per heavy atom. The lowest BCUT2D eigenvalue weighted by molar-refractivity contribution is -0.135. The second-order valence-corrected chi connectivity index (χ2v) is 7.56. The van der Waals surface area contributed by atoms with E-state index >= 15 is 0 Å². The Morgan fingerprint density at radius 2 is 2.08 bits per heavy atom. The number of likely N-dealkylation sites (tertiary alicyclic amines) is 1. The number of hydrogen-bond donors (Lipinski definition) is 0. The van der Waals surface area contributed by atoms with Gasteiger partial charge in [0.05, 0.1) is 6.04 Å². The van der Waals surface area contributed by atoms with Crippen molar-refractivity contribution in [3.05, 3.63) is 24.2 Å². The Kier molecular flexibility index (Phi) is 4.73. The molecule has 0 spiro atoms. The molecule has 5 nitrogen and oxygen atoms in total. The molecule has 1 saturated carbocycles. The molecule has 1 aliphatic heterocycles. The zero-order chi connectivity index (χ0) is 17.2.